The first-order valence-electron chi connectivity index (χ1n) is 9.31. The number of nitrogens with zero attached hydrogens (tertiary/aromatic N) is 1. The lowest BCUT2D eigenvalue weighted by Gasteiger charge is -2.22. The number of rotatable bonds is 8. The van der Waals surface area contributed by atoms with E-state index in [1.165, 1.54) is 20.8 Å². The molecule has 0 aliphatic carbocycles. The zero-order valence-corrected chi connectivity index (χ0v) is 18.2. The molecule has 0 radical (unpaired) electrons. The lowest BCUT2D eigenvalue weighted by atomic mass is 9.90. The van der Waals surface area contributed by atoms with Crippen LogP contribution >= 0.6 is 11.6 Å². The number of nitro benzene ring substituents is 1. The minimum absolute atomic E-state index is 0.00876. The van der Waals surface area contributed by atoms with Gasteiger partial charge in [0.15, 0.2) is 17.1 Å². The number of alkyl halides is 3. The van der Waals surface area contributed by atoms with Crippen LogP contribution in [0.1, 0.15) is 46.8 Å². The van der Waals surface area contributed by atoms with Crippen molar-refractivity contribution in [1.82, 2.24) is 0 Å². The smallest absolute Gasteiger partial charge is 0.416 e. The maximum absolute atomic E-state index is 13.0. The minimum atomic E-state index is -4.67. The molecule has 0 spiro atoms. The molecule has 0 saturated heterocycles. The molecule has 176 valence electrons. The van der Waals surface area contributed by atoms with Crippen LogP contribution in [0.15, 0.2) is 24.3 Å². The average Bonchev–Trinajstić information content (AvgIpc) is 2.69. The zero-order valence-electron chi connectivity index (χ0n) is 17.4. The van der Waals surface area contributed by atoms with Crippen molar-refractivity contribution in [3.63, 3.8) is 0 Å². The minimum Gasteiger partial charge on any atom is -0.489 e. The van der Waals surface area contributed by atoms with Gasteiger partial charge in [-0.1, -0.05) is 18.5 Å². The second kappa shape index (κ2) is 9.93. The molecule has 0 amide bonds. The van der Waals surface area contributed by atoms with Gasteiger partial charge in [-0.25, -0.2) is 9.59 Å². The average molecular weight is 488 g/mol. The lowest BCUT2D eigenvalue weighted by molar-refractivity contribution is -0.385. The molecule has 0 heterocycles. The van der Waals surface area contributed by atoms with E-state index in [1.54, 1.807) is 5.94 Å². The molecule has 1 unspecified atom stereocenters. The molecule has 0 fully saturated rings. The molecule has 12 heteroatoms. The van der Waals surface area contributed by atoms with Gasteiger partial charge in [0.25, 0.3) is 5.69 Å². The lowest BCUT2D eigenvalue weighted by Crippen LogP contribution is -2.13. The van der Waals surface area contributed by atoms with E-state index in [0.29, 0.717) is 12.1 Å². The number of carbonyl (C=O) groups excluding carboxylic acids is 1. The molecular formula is C21H17ClF3NO7. The third-order valence-electron chi connectivity index (χ3n) is 4.60. The molecule has 0 aromatic heterocycles. The second-order valence-corrected chi connectivity index (χ2v) is 7.14. The van der Waals surface area contributed by atoms with E-state index >= 15 is 0 Å². The number of nitro groups is 1. The van der Waals surface area contributed by atoms with Gasteiger partial charge in [-0.15, -0.1) is 0 Å². The molecule has 2 aromatic carbocycles. The number of carboxylic acids is 1. The summed E-state index contributed by atoms with van der Waals surface area (Å²) < 4.78 is 50.0. The van der Waals surface area contributed by atoms with Gasteiger partial charge in [0, 0.05) is 23.1 Å². The first kappa shape index (κ1) is 25.7. The van der Waals surface area contributed by atoms with E-state index in [-0.39, 0.29) is 29.2 Å². The fraction of sp³-hybridized carbons (Fsp3) is 0.286. The van der Waals surface area contributed by atoms with E-state index < -0.39 is 50.6 Å². The van der Waals surface area contributed by atoms with E-state index in [2.05, 4.69) is 0 Å². The van der Waals surface area contributed by atoms with Crippen molar-refractivity contribution < 1.29 is 42.3 Å². The van der Waals surface area contributed by atoms with Gasteiger partial charge < -0.3 is 14.6 Å². The predicted octanol–water partition coefficient (Wildman–Crippen LogP) is 5.96. The highest BCUT2D eigenvalue weighted by Gasteiger charge is 2.37. The Morgan fingerprint density at radius 3 is 2.45 bits per heavy atom. The van der Waals surface area contributed by atoms with Crippen molar-refractivity contribution in [2.45, 2.75) is 32.9 Å². The number of aromatic carboxylic acids is 1. The van der Waals surface area contributed by atoms with Gasteiger partial charge in [0.1, 0.15) is 11.7 Å². The first-order valence-corrected chi connectivity index (χ1v) is 9.69. The van der Waals surface area contributed by atoms with Crippen molar-refractivity contribution in [3.05, 3.63) is 61.7 Å². The Balaban J connectivity index is 2.93. The normalized spacial score (nSPS) is 12.0. The Morgan fingerprint density at radius 1 is 1.36 bits per heavy atom. The van der Waals surface area contributed by atoms with Crippen LogP contribution in [0, 0.1) is 17.0 Å². The Morgan fingerprint density at radius 2 is 2.00 bits per heavy atom. The number of halogens is 4. The summed E-state index contributed by atoms with van der Waals surface area (Å²) in [6.45, 7) is 4.08. The fourth-order valence-electron chi connectivity index (χ4n) is 3.24. The van der Waals surface area contributed by atoms with Gasteiger partial charge in [-0.3, -0.25) is 10.1 Å². The molecular weight excluding hydrogens is 471 g/mol. The summed E-state index contributed by atoms with van der Waals surface area (Å²) >= 11 is 5.97. The summed E-state index contributed by atoms with van der Waals surface area (Å²) in [6, 6.07) is 2.23. The van der Waals surface area contributed by atoms with E-state index in [9.17, 15) is 38.0 Å². The summed E-state index contributed by atoms with van der Waals surface area (Å²) in [4.78, 5) is 33.7. The number of allylic oxidation sites excluding steroid dienone is 1. The summed E-state index contributed by atoms with van der Waals surface area (Å²) in [6.07, 6.45) is -3.66. The number of ether oxygens (including phenoxy) is 2. The van der Waals surface area contributed by atoms with Crippen LogP contribution in [0.25, 0.3) is 0 Å². The van der Waals surface area contributed by atoms with Crippen LogP contribution in [0.3, 0.4) is 0 Å². The maximum atomic E-state index is 13.0. The predicted molar refractivity (Wildman–Crippen MR) is 111 cm³/mol. The van der Waals surface area contributed by atoms with Crippen molar-refractivity contribution >= 4 is 29.2 Å². The van der Waals surface area contributed by atoms with E-state index in [1.807, 2.05) is 0 Å². The second-order valence-electron chi connectivity index (χ2n) is 6.73. The molecule has 0 aliphatic heterocycles. The van der Waals surface area contributed by atoms with Crippen LogP contribution in [-0.2, 0) is 11.0 Å². The van der Waals surface area contributed by atoms with Crippen molar-refractivity contribution in [2.75, 3.05) is 6.61 Å². The van der Waals surface area contributed by atoms with Crippen molar-refractivity contribution in [3.8, 4) is 17.2 Å². The largest absolute Gasteiger partial charge is 0.489 e. The maximum Gasteiger partial charge on any atom is 0.416 e. The molecule has 0 aliphatic rings. The SMILES string of the molecule is CCOc1c(Oc2ccc(C(F)(F)F)cc2Cl)c(C(C)C=C=O)c(C)c([N+](=O)[O-])c1C(=O)O. The molecule has 0 saturated carbocycles. The number of benzene rings is 2. The summed E-state index contributed by atoms with van der Waals surface area (Å²) in [5.74, 6) is -2.17. The van der Waals surface area contributed by atoms with Crippen molar-refractivity contribution in [2.24, 2.45) is 0 Å². The summed E-state index contributed by atoms with van der Waals surface area (Å²) in [5, 5.41) is 21.0. The zero-order chi connectivity index (χ0) is 25.1. The number of hydrogen-bond donors (Lipinski definition) is 1. The molecule has 33 heavy (non-hydrogen) atoms. The summed E-state index contributed by atoms with van der Waals surface area (Å²) in [5.41, 5.74) is -2.78. The van der Waals surface area contributed by atoms with Crippen molar-refractivity contribution in [1.29, 1.82) is 0 Å². The van der Waals surface area contributed by atoms with Gasteiger partial charge in [0.05, 0.1) is 22.1 Å². The van der Waals surface area contributed by atoms with Gasteiger partial charge >= 0.3 is 12.1 Å². The van der Waals surface area contributed by atoms with Crippen LogP contribution in [0.2, 0.25) is 5.02 Å². The first-order chi connectivity index (χ1) is 15.3. The third-order valence-corrected chi connectivity index (χ3v) is 4.90. The quantitative estimate of drug-likeness (QED) is 0.277. The molecule has 1 N–H and O–H groups in total. The fourth-order valence-corrected chi connectivity index (χ4v) is 3.46. The third kappa shape index (κ3) is 5.27. The van der Waals surface area contributed by atoms with Gasteiger partial charge in [-0.2, -0.15) is 13.2 Å². The Kier molecular flexibility index (Phi) is 7.73. The standard InChI is InChI=1S/C21H17ClF3NO7/c1-4-32-18-16(20(28)29)17(26(30)31)11(3)15(10(2)7-8-27)19(18)33-14-6-5-12(9-13(14)22)21(23,24)25/h5-7,9-10H,4H2,1-3H3,(H,28,29). The highest BCUT2D eigenvalue weighted by molar-refractivity contribution is 6.32. The highest BCUT2D eigenvalue weighted by atomic mass is 35.5. The molecule has 8 nitrogen and oxygen atoms in total. The van der Waals surface area contributed by atoms with Crippen LogP contribution < -0.4 is 9.47 Å². The van der Waals surface area contributed by atoms with Crippen LogP contribution in [0.4, 0.5) is 18.9 Å². The van der Waals surface area contributed by atoms with E-state index in [4.69, 9.17) is 21.1 Å². The molecule has 2 aromatic rings. The Labute approximate surface area is 190 Å². The van der Waals surface area contributed by atoms with Gasteiger partial charge in [-0.05, 0) is 32.0 Å². The number of carboxylic acid groups (broad SMARTS) is 1. The molecule has 0 bridgehead atoms. The monoisotopic (exact) mass is 487 g/mol. The Hall–Kier alpha value is -3.56. The van der Waals surface area contributed by atoms with Gasteiger partial charge in [0.2, 0.25) is 0 Å². The highest BCUT2D eigenvalue weighted by Crippen LogP contribution is 2.49. The Bertz CT molecular complexity index is 1160. The number of carbonyl (C=O) groups is 1. The van der Waals surface area contributed by atoms with Crippen LogP contribution in [0.5, 0.6) is 17.2 Å². The van der Waals surface area contributed by atoms with Crippen LogP contribution in [-0.4, -0.2) is 28.5 Å². The van der Waals surface area contributed by atoms with E-state index in [0.717, 1.165) is 12.1 Å². The molecule has 1 atom stereocenters. The molecule has 2 rings (SSSR count). The summed E-state index contributed by atoms with van der Waals surface area (Å²) in [7, 11) is 0. The topological polar surface area (TPSA) is 116 Å². The number of hydrogen-bond acceptors (Lipinski definition) is 6.